The second kappa shape index (κ2) is 6.02. The van der Waals surface area contributed by atoms with Crippen LogP contribution in [-0.4, -0.2) is 19.8 Å². The Hall–Kier alpha value is -0.860. The molecule has 0 saturated heterocycles. The third-order valence-corrected chi connectivity index (χ3v) is 2.75. The molecule has 0 heterocycles. The van der Waals surface area contributed by atoms with E-state index in [4.69, 9.17) is 4.74 Å². The fourth-order valence-electron chi connectivity index (χ4n) is 1.69. The molecule has 2 heteroatoms. The zero-order chi connectivity index (χ0) is 12.0. The molecule has 1 aromatic carbocycles. The van der Waals surface area contributed by atoms with E-state index in [2.05, 4.69) is 50.4 Å². The van der Waals surface area contributed by atoms with Crippen LogP contribution in [0, 0.1) is 5.41 Å². The lowest BCUT2D eigenvalue weighted by Gasteiger charge is -2.29. The second-order valence-corrected chi connectivity index (χ2v) is 5.21. The molecule has 1 rings (SSSR count). The summed E-state index contributed by atoms with van der Waals surface area (Å²) < 4.78 is 5.49. The first kappa shape index (κ1) is 13.2. The molecule has 1 atom stereocenters. The molecule has 0 bridgehead atoms. The summed E-state index contributed by atoms with van der Waals surface area (Å²) >= 11 is 0. The molecular weight excluding hydrogens is 198 g/mol. The van der Waals surface area contributed by atoms with Crippen LogP contribution < -0.4 is 5.32 Å². The minimum absolute atomic E-state index is 0.179. The topological polar surface area (TPSA) is 21.3 Å². The highest BCUT2D eigenvalue weighted by molar-refractivity contribution is 5.14. The van der Waals surface area contributed by atoms with Crippen LogP contribution in [0.25, 0.3) is 0 Å². The smallest absolute Gasteiger partial charge is 0.0743 e. The summed E-state index contributed by atoms with van der Waals surface area (Å²) in [4.78, 5) is 0. The van der Waals surface area contributed by atoms with Crippen molar-refractivity contribution in [2.24, 2.45) is 5.41 Å². The van der Waals surface area contributed by atoms with E-state index in [1.165, 1.54) is 5.56 Å². The van der Waals surface area contributed by atoms with Crippen molar-refractivity contribution in [2.45, 2.75) is 33.4 Å². The third-order valence-electron chi connectivity index (χ3n) is 2.75. The predicted octanol–water partition coefficient (Wildman–Crippen LogP) is 2.84. The van der Waals surface area contributed by atoms with E-state index in [-0.39, 0.29) is 11.5 Å². The summed E-state index contributed by atoms with van der Waals surface area (Å²) in [5.74, 6) is 0. The Bertz CT molecular complexity index is 289. The average Bonchev–Trinajstić information content (AvgIpc) is 2.24. The zero-order valence-electron chi connectivity index (χ0n) is 10.8. The Kier molecular flexibility index (Phi) is 4.97. The monoisotopic (exact) mass is 221 g/mol. The zero-order valence-corrected chi connectivity index (χ0v) is 10.8. The summed E-state index contributed by atoms with van der Waals surface area (Å²) in [6.07, 6.45) is 0.246. The van der Waals surface area contributed by atoms with Crippen molar-refractivity contribution >= 4 is 0 Å². The summed E-state index contributed by atoms with van der Waals surface area (Å²) in [5, 5.41) is 3.43. The summed E-state index contributed by atoms with van der Waals surface area (Å²) in [5.41, 5.74) is 1.49. The molecule has 0 fully saturated rings. The summed E-state index contributed by atoms with van der Waals surface area (Å²) in [7, 11) is 1.78. The first-order valence-corrected chi connectivity index (χ1v) is 5.81. The minimum Gasteiger partial charge on any atom is -0.380 e. The van der Waals surface area contributed by atoms with Gasteiger partial charge in [0.05, 0.1) is 6.10 Å². The van der Waals surface area contributed by atoms with Crippen molar-refractivity contribution in [1.29, 1.82) is 0 Å². The molecule has 16 heavy (non-hydrogen) atoms. The fourth-order valence-corrected chi connectivity index (χ4v) is 1.69. The van der Waals surface area contributed by atoms with Crippen LogP contribution >= 0.6 is 0 Å². The normalized spacial score (nSPS) is 13.8. The van der Waals surface area contributed by atoms with Gasteiger partial charge in [0.2, 0.25) is 0 Å². The highest BCUT2D eigenvalue weighted by Crippen LogP contribution is 2.20. The molecule has 1 N–H and O–H groups in total. The number of ether oxygens (including phenoxy) is 1. The van der Waals surface area contributed by atoms with Gasteiger partial charge in [-0.3, -0.25) is 0 Å². The van der Waals surface area contributed by atoms with E-state index in [9.17, 15) is 0 Å². The maximum Gasteiger partial charge on any atom is 0.0743 e. The lowest BCUT2D eigenvalue weighted by atomic mass is 9.89. The van der Waals surface area contributed by atoms with Crippen molar-refractivity contribution in [3.8, 4) is 0 Å². The van der Waals surface area contributed by atoms with Crippen LogP contribution in [0.4, 0.5) is 0 Å². The average molecular weight is 221 g/mol. The molecular formula is C14H23NO. The second-order valence-electron chi connectivity index (χ2n) is 5.21. The van der Waals surface area contributed by atoms with Gasteiger partial charge in [0.15, 0.2) is 0 Å². The van der Waals surface area contributed by atoms with Crippen molar-refractivity contribution in [1.82, 2.24) is 5.32 Å². The number of nitrogens with one attached hydrogen (secondary N) is 1. The number of benzene rings is 1. The molecule has 0 aliphatic heterocycles. The summed E-state index contributed by atoms with van der Waals surface area (Å²) in [6.45, 7) is 8.38. The number of hydrogen-bond donors (Lipinski definition) is 1. The van der Waals surface area contributed by atoms with E-state index >= 15 is 0 Å². The predicted molar refractivity (Wildman–Crippen MR) is 68.4 cm³/mol. The van der Waals surface area contributed by atoms with Gasteiger partial charge in [0.25, 0.3) is 0 Å². The minimum atomic E-state index is 0.179. The van der Waals surface area contributed by atoms with Gasteiger partial charge in [-0.05, 0) is 11.0 Å². The highest BCUT2D eigenvalue weighted by atomic mass is 16.5. The highest BCUT2D eigenvalue weighted by Gasteiger charge is 2.23. The lowest BCUT2D eigenvalue weighted by Crippen LogP contribution is -2.37. The first-order chi connectivity index (χ1) is 7.54. The largest absolute Gasteiger partial charge is 0.380 e. The molecule has 0 saturated carbocycles. The van der Waals surface area contributed by atoms with Gasteiger partial charge >= 0.3 is 0 Å². The Morgan fingerprint density at radius 2 is 1.81 bits per heavy atom. The summed E-state index contributed by atoms with van der Waals surface area (Å²) in [6, 6.07) is 10.4. The van der Waals surface area contributed by atoms with Gasteiger partial charge in [0, 0.05) is 20.2 Å². The fraction of sp³-hybridized carbons (Fsp3) is 0.571. The molecule has 1 unspecified atom stereocenters. The maximum atomic E-state index is 5.49. The van der Waals surface area contributed by atoms with Crippen molar-refractivity contribution < 1.29 is 4.74 Å². The third kappa shape index (κ3) is 4.33. The van der Waals surface area contributed by atoms with Crippen molar-refractivity contribution in [3.05, 3.63) is 35.9 Å². The molecule has 90 valence electrons. The Labute approximate surface area is 99.0 Å². The number of hydrogen-bond acceptors (Lipinski definition) is 2. The standard InChI is InChI=1S/C14H23NO/c1-14(2,3)13(16-4)11-15-10-12-8-6-5-7-9-12/h5-9,13,15H,10-11H2,1-4H3. The molecule has 0 amide bonds. The van der Waals surface area contributed by atoms with Crippen LogP contribution in [-0.2, 0) is 11.3 Å². The maximum absolute atomic E-state index is 5.49. The van der Waals surface area contributed by atoms with E-state index < -0.39 is 0 Å². The van der Waals surface area contributed by atoms with Crippen LogP contribution in [0.2, 0.25) is 0 Å². The van der Waals surface area contributed by atoms with Gasteiger partial charge in [-0.15, -0.1) is 0 Å². The molecule has 0 aliphatic carbocycles. The molecule has 1 aromatic rings. The SMILES string of the molecule is COC(CNCc1ccccc1)C(C)(C)C. The molecule has 0 aromatic heterocycles. The Morgan fingerprint density at radius 1 is 1.19 bits per heavy atom. The van der Waals surface area contributed by atoms with E-state index in [1.54, 1.807) is 7.11 Å². The number of methoxy groups -OCH3 is 1. The van der Waals surface area contributed by atoms with Crippen LogP contribution in [0.5, 0.6) is 0 Å². The van der Waals surface area contributed by atoms with Gasteiger partial charge in [0.1, 0.15) is 0 Å². The quantitative estimate of drug-likeness (QED) is 0.825. The van der Waals surface area contributed by atoms with Crippen LogP contribution in [0.3, 0.4) is 0 Å². The van der Waals surface area contributed by atoms with E-state index in [0.717, 1.165) is 13.1 Å². The van der Waals surface area contributed by atoms with Gasteiger partial charge in [-0.25, -0.2) is 0 Å². The van der Waals surface area contributed by atoms with E-state index in [1.807, 2.05) is 6.07 Å². The van der Waals surface area contributed by atoms with Crippen LogP contribution in [0.1, 0.15) is 26.3 Å². The first-order valence-electron chi connectivity index (χ1n) is 5.81. The van der Waals surface area contributed by atoms with Crippen LogP contribution in [0.15, 0.2) is 30.3 Å². The van der Waals surface area contributed by atoms with E-state index in [0.29, 0.717) is 0 Å². The number of rotatable bonds is 5. The molecule has 2 nitrogen and oxygen atoms in total. The molecule has 0 spiro atoms. The lowest BCUT2D eigenvalue weighted by molar-refractivity contribution is 0.0173. The Morgan fingerprint density at radius 3 is 2.31 bits per heavy atom. The molecule has 0 radical (unpaired) electrons. The van der Waals surface area contributed by atoms with Gasteiger partial charge in [-0.2, -0.15) is 0 Å². The Balaban J connectivity index is 2.35. The van der Waals surface area contributed by atoms with Crippen molar-refractivity contribution in [2.75, 3.05) is 13.7 Å². The van der Waals surface area contributed by atoms with Gasteiger partial charge in [-0.1, -0.05) is 51.1 Å². The van der Waals surface area contributed by atoms with Gasteiger partial charge < -0.3 is 10.1 Å². The molecule has 0 aliphatic rings. The van der Waals surface area contributed by atoms with Crippen molar-refractivity contribution in [3.63, 3.8) is 0 Å².